The second kappa shape index (κ2) is 11.9. The molecule has 37 heavy (non-hydrogen) atoms. The van der Waals surface area contributed by atoms with Gasteiger partial charge in [0.1, 0.15) is 6.04 Å². The van der Waals surface area contributed by atoms with Gasteiger partial charge in [-0.15, -0.1) is 0 Å². The number of nitrogens with two attached hydrogens (primary N) is 2. The van der Waals surface area contributed by atoms with E-state index in [2.05, 4.69) is 30.6 Å². The number of hydrogen-bond donors (Lipinski definition) is 5. The van der Waals surface area contributed by atoms with Crippen LogP contribution in [-0.2, 0) is 16.1 Å². The number of nitrogen functional groups attached to an aromatic ring is 2. The first-order valence-electron chi connectivity index (χ1n) is 11.7. The van der Waals surface area contributed by atoms with Crippen molar-refractivity contribution in [3.63, 3.8) is 0 Å². The number of aliphatic carboxylic acids is 1. The summed E-state index contributed by atoms with van der Waals surface area (Å²) in [6.45, 7) is 4.82. The molecule has 0 saturated carbocycles. The van der Waals surface area contributed by atoms with Gasteiger partial charge in [0.25, 0.3) is 5.91 Å². The van der Waals surface area contributed by atoms with Crippen LogP contribution in [0.5, 0.6) is 0 Å². The van der Waals surface area contributed by atoms with Crippen LogP contribution in [-0.4, -0.2) is 62.5 Å². The molecule has 196 valence electrons. The third kappa shape index (κ3) is 7.46. The van der Waals surface area contributed by atoms with Gasteiger partial charge in [-0.3, -0.25) is 9.59 Å². The minimum Gasteiger partial charge on any atom is -0.480 e. The first-order chi connectivity index (χ1) is 17.5. The zero-order valence-electron chi connectivity index (χ0n) is 20.9. The van der Waals surface area contributed by atoms with Crippen molar-refractivity contribution in [3.8, 4) is 0 Å². The van der Waals surface area contributed by atoms with E-state index in [4.69, 9.17) is 11.5 Å². The third-order valence-corrected chi connectivity index (χ3v) is 5.44. The maximum Gasteiger partial charge on any atom is 0.326 e. The molecule has 7 N–H and O–H groups in total. The van der Waals surface area contributed by atoms with Crippen molar-refractivity contribution in [2.45, 2.75) is 39.3 Å². The summed E-state index contributed by atoms with van der Waals surface area (Å²) in [5.41, 5.74) is 13.8. The Kier molecular flexibility index (Phi) is 8.72. The van der Waals surface area contributed by atoms with Crippen LogP contribution in [0.1, 0.15) is 42.7 Å². The number of carboxylic acids is 1. The number of amides is 2. The van der Waals surface area contributed by atoms with E-state index in [1.807, 2.05) is 25.8 Å². The highest BCUT2D eigenvalue weighted by molar-refractivity contribution is 5.97. The molecule has 0 aliphatic carbocycles. The van der Waals surface area contributed by atoms with Crippen LogP contribution in [0.3, 0.4) is 0 Å². The Labute approximate surface area is 213 Å². The molecule has 0 radical (unpaired) electrons. The lowest BCUT2D eigenvalue weighted by atomic mass is 10.1. The molecule has 0 spiro atoms. The molecule has 0 aliphatic heterocycles. The van der Waals surface area contributed by atoms with Crippen molar-refractivity contribution in [2.75, 3.05) is 30.0 Å². The number of aromatic nitrogens is 4. The Morgan fingerprint density at radius 1 is 1.08 bits per heavy atom. The van der Waals surface area contributed by atoms with Crippen LogP contribution in [0.4, 0.5) is 17.5 Å². The van der Waals surface area contributed by atoms with E-state index >= 15 is 0 Å². The average molecular weight is 510 g/mol. The predicted molar refractivity (Wildman–Crippen MR) is 138 cm³/mol. The molecule has 0 fully saturated rings. The van der Waals surface area contributed by atoms with Crippen LogP contribution in [0.25, 0.3) is 11.2 Å². The number of fused-ring (bicyclic) bond motifs is 1. The minimum absolute atomic E-state index is 0.00345. The molecule has 0 bridgehead atoms. The van der Waals surface area contributed by atoms with Gasteiger partial charge >= 0.3 is 5.97 Å². The minimum atomic E-state index is -1.20. The van der Waals surface area contributed by atoms with Gasteiger partial charge in [0.2, 0.25) is 11.9 Å². The summed E-state index contributed by atoms with van der Waals surface area (Å²) in [6.07, 6.45) is 1.55. The number of carbonyl (C=O) groups excluding carboxylic acids is 2. The highest BCUT2D eigenvalue weighted by Crippen LogP contribution is 2.19. The SMILES string of the molecule is CC(C)CNC(=O)CCC(NC(=O)c1ccc(N(C)Cc2cnc3nc(N)nc(N)c3n2)cc1)C(=O)O. The molecule has 2 heterocycles. The summed E-state index contributed by atoms with van der Waals surface area (Å²) in [6, 6.07) is 5.47. The third-order valence-electron chi connectivity index (χ3n) is 5.44. The number of nitrogens with one attached hydrogen (secondary N) is 2. The van der Waals surface area contributed by atoms with Gasteiger partial charge in [0, 0.05) is 31.3 Å². The standard InChI is InChI=1S/C24H31N9O4/c1-13(2)10-27-18(34)9-8-17(23(36)37)30-22(35)14-4-6-16(7-5-14)33(3)12-15-11-28-21-19(29-15)20(25)31-24(26)32-21/h4-7,11,13,17H,8-10,12H2,1-3H3,(H,27,34)(H,30,35)(H,36,37)(H4,25,26,28,31,32). The predicted octanol–water partition coefficient (Wildman–Crippen LogP) is 0.956. The van der Waals surface area contributed by atoms with Crippen LogP contribution in [0.15, 0.2) is 30.5 Å². The van der Waals surface area contributed by atoms with Gasteiger partial charge in [0.05, 0.1) is 18.4 Å². The largest absolute Gasteiger partial charge is 0.480 e. The van der Waals surface area contributed by atoms with E-state index in [-0.39, 0.29) is 36.4 Å². The van der Waals surface area contributed by atoms with Crippen molar-refractivity contribution in [2.24, 2.45) is 5.92 Å². The topological polar surface area (TPSA) is 202 Å². The average Bonchev–Trinajstić information content (AvgIpc) is 2.85. The van der Waals surface area contributed by atoms with Crippen molar-refractivity contribution in [1.29, 1.82) is 0 Å². The Morgan fingerprint density at radius 3 is 2.43 bits per heavy atom. The van der Waals surface area contributed by atoms with Crippen LogP contribution < -0.4 is 27.0 Å². The van der Waals surface area contributed by atoms with Gasteiger partial charge in [-0.2, -0.15) is 9.97 Å². The lowest BCUT2D eigenvalue weighted by Gasteiger charge is -2.19. The molecule has 1 atom stereocenters. The second-order valence-corrected chi connectivity index (χ2v) is 9.00. The summed E-state index contributed by atoms with van der Waals surface area (Å²) in [7, 11) is 1.84. The Hall–Kier alpha value is -4.55. The van der Waals surface area contributed by atoms with Crippen molar-refractivity contribution >= 4 is 46.4 Å². The summed E-state index contributed by atoms with van der Waals surface area (Å²) < 4.78 is 0. The Balaban J connectivity index is 1.60. The quantitative estimate of drug-likeness (QED) is 0.246. The fourth-order valence-electron chi connectivity index (χ4n) is 3.44. The molecule has 0 saturated heterocycles. The zero-order chi connectivity index (χ0) is 27.1. The molecule has 3 rings (SSSR count). The monoisotopic (exact) mass is 509 g/mol. The molecular weight excluding hydrogens is 478 g/mol. The van der Waals surface area contributed by atoms with Gasteiger partial charge in [-0.1, -0.05) is 13.8 Å². The maximum atomic E-state index is 12.6. The van der Waals surface area contributed by atoms with Crippen molar-refractivity contribution in [1.82, 2.24) is 30.6 Å². The summed E-state index contributed by atoms with van der Waals surface area (Å²) in [4.78, 5) is 54.7. The van der Waals surface area contributed by atoms with Gasteiger partial charge in [0.15, 0.2) is 17.0 Å². The number of anilines is 3. The van der Waals surface area contributed by atoms with E-state index in [9.17, 15) is 19.5 Å². The second-order valence-electron chi connectivity index (χ2n) is 9.00. The van der Waals surface area contributed by atoms with Gasteiger partial charge in [-0.25, -0.2) is 14.8 Å². The molecule has 3 aromatic rings. The molecule has 0 aliphatic rings. The summed E-state index contributed by atoms with van der Waals surface area (Å²) >= 11 is 0. The molecule has 1 unspecified atom stereocenters. The van der Waals surface area contributed by atoms with Gasteiger partial charge in [-0.05, 0) is 36.6 Å². The lowest BCUT2D eigenvalue weighted by Crippen LogP contribution is -2.41. The first-order valence-corrected chi connectivity index (χ1v) is 11.7. The molecule has 2 amide bonds. The Morgan fingerprint density at radius 2 is 1.78 bits per heavy atom. The number of nitrogens with zero attached hydrogens (tertiary/aromatic N) is 5. The smallest absolute Gasteiger partial charge is 0.326 e. The number of benzene rings is 1. The first kappa shape index (κ1) is 27.0. The summed E-state index contributed by atoms with van der Waals surface area (Å²) in [5.74, 6) is -1.54. The lowest BCUT2D eigenvalue weighted by molar-refractivity contribution is -0.139. The fraction of sp³-hybridized carbons (Fsp3) is 0.375. The zero-order valence-corrected chi connectivity index (χ0v) is 20.9. The Bertz CT molecular complexity index is 1280. The van der Waals surface area contributed by atoms with E-state index < -0.39 is 17.9 Å². The molecule has 1 aromatic carbocycles. The van der Waals surface area contributed by atoms with E-state index in [1.165, 1.54) is 0 Å². The molecule has 13 nitrogen and oxygen atoms in total. The normalized spacial score (nSPS) is 11.8. The van der Waals surface area contributed by atoms with Crippen molar-refractivity contribution in [3.05, 3.63) is 41.7 Å². The fourth-order valence-corrected chi connectivity index (χ4v) is 3.44. The molecule has 2 aromatic heterocycles. The van der Waals surface area contributed by atoms with E-state index in [0.29, 0.717) is 35.5 Å². The van der Waals surface area contributed by atoms with E-state index in [1.54, 1.807) is 30.5 Å². The van der Waals surface area contributed by atoms with E-state index in [0.717, 1.165) is 5.69 Å². The van der Waals surface area contributed by atoms with Crippen LogP contribution in [0, 0.1) is 5.92 Å². The highest BCUT2D eigenvalue weighted by atomic mass is 16.4. The number of carboxylic acid groups (broad SMARTS) is 1. The highest BCUT2D eigenvalue weighted by Gasteiger charge is 2.22. The summed E-state index contributed by atoms with van der Waals surface area (Å²) in [5, 5.41) is 14.7. The number of carbonyl (C=O) groups is 3. The number of rotatable bonds is 11. The van der Waals surface area contributed by atoms with Crippen LogP contribution >= 0.6 is 0 Å². The molecule has 13 heteroatoms. The molecular formula is C24H31N9O4. The van der Waals surface area contributed by atoms with Crippen molar-refractivity contribution < 1.29 is 19.5 Å². The van der Waals surface area contributed by atoms with Gasteiger partial charge < -0.3 is 32.1 Å². The number of hydrogen-bond acceptors (Lipinski definition) is 10. The maximum absolute atomic E-state index is 12.6. The van der Waals surface area contributed by atoms with Crippen LogP contribution in [0.2, 0.25) is 0 Å².